The van der Waals surface area contributed by atoms with Crippen LogP contribution in [0.5, 0.6) is 5.75 Å². The molecular formula is C27H27F2N3O3S2. The van der Waals surface area contributed by atoms with Crippen LogP contribution in [-0.4, -0.2) is 29.3 Å². The van der Waals surface area contributed by atoms with Crippen molar-refractivity contribution in [2.24, 2.45) is 5.14 Å². The van der Waals surface area contributed by atoms with E-state index in [2.05, 4.69) is 4.98 Å². The first kappa shape index (κ1) is 26.6. The average Bonchev–Trinajstić information content (AvgIpc) is 3.28. The summed E-state index contributed by atoms with van der Waals surface area (Å²) in [6.45, 7) is 1.73. The Morgan fingerprint density at radius 3 is 2.35 bits per heavy atom. The summed E-state index contributed by atoms with van der Waals surface area (Å²) in [7, 11) is -0.0879. The van der Waals surface area contributed by atoms with E-state index >= 15 is 0 Å². The highest BCUT2D eigenvalue weighted by atomic mass is 32.3. The number of thiazole rings is 1. The zero-order valence-electron chi connectivity index (χ0n) is 20.6. The van der Waals surface area contributed by atoms with Gasteiger partial charge in [-0.05, 0) is 64.1 Å². The Hall–Kier alpha value is -3.47. The van der Waals surface area contributed by atoms with Crippen molar-refractivity contribution in [1.29, 1.82) is 0 Å². The Labute approximate surface area is 219 Å². The molecule has 1 amide bonds. The number of amides is 1. The van der Waals surface area contributed by atoms with E-state index in [9.17, 15) is 17.8 Å². The third kappa shape index (κ3) is 6.10. The van der Waals surface area contributed by atoms with Gasteiger partial charge in [0.25, 0.3) is 0 Å². The molecule has 2 N–H and O–H groups in total. The number of benzene rings is 3. The normalized spacial score (nSPS) is 11.8. The van der Waals surface area contributed by atoms with Crippen LogP contribution in [0.25, 0.3) is 11.1 Å². The van der Waals surface area contributed by atoms with Gasteiger partial charge in [-0.15, -0.1) is 0 Å². The number of aryl methyl sites for hydroxylation is 1. The minimum absolute atomic E-state index is 0.0719. The topological polar surface area (TPSA) is 85.5 Å². The van der Waals surface area contributed by atoms with Crippen molar-refractivity contribution in [3.05, 3.63) is 95.2 Å². The molecule has 0 fully saturated rings. The fourth-order valence-electron chi connectivity index (χ4n) is 3.86. The number of carbonyl (C=O) groups is 1. The number of nitrogens with two attached hydrogens (primary N) is 1. The van der Waals surface area contributed by atoms with Crippen LogP contribution in [0.4, 0.5) is 13.9 Å². The Morgan fingerprint density at radius 1 is 1.05 bits per heavy atom. The van der Waals surface area contributed by atoms with Crippen molar-refractivity contribution in [1.82, 2.24) is 4.98 Å². The number of anilines is 1. The molecule has 0 radical (unpaired) electrons. The lowest BCUT2D eigenvalue weighted by atomic mass is 10.0. The summed E-state index contributed by atoms with van der Waals surface area (Å²) in [5.41, 5.74) is 2.71. The molecule has 1 heterocycles. The molecule has 37 heavy (non-hydrogen) atoms. The van der Waals surface area contributed by atoms with Crippen LogP contribution >= 0.6 is 11.3 Å². The summed E-state index contributed by atoms with van der Waals surface area (Å²) >= 11 is 1.15. The average molecular weight is 544 g/mol. The van der Waals surface area contributed by atoms with Gasteiger partial charge in [-0.25, -0.2) is 13.8 Å². The van der Waals surface area contributed by atoms with Crippen molar-refractivity contribution in [3.8, 4) is 16.9 Å². The van der Waals surface area contributed by atoms with E-state index < -0.39 is 21.8 Å². The van der Waals surface area contributed by atoms with Gasteiger partial charge in [0.05, 0.1) is 19.2 Å². The zero-order chi connectivity index (χ0) is 26.7. The molecule has 0 aliphatic heterocycles. The second-order valence-electron chi connectivity index (χ2n) is 8.64. The highest BCUT2D eigenvalue weighted by molar-refractivity contribution is 8.02. The molecule has 6 nitrogen and oxygen atoms in total. The molecule has 0 saturated carbocycles. The first-order valence-corrected chi connectivity index (χ1v) is 14.1. The number of hydrogen-bond donors (Lipinski definition) is 2. The molecule has 4 aromatic rings. The van der Waals surface area contributed by atoms with Crippen molar-refractivity contribution in [3.63, 3.8) is 0 Å². The first-order chi connectivity index (χ1) is 17.6. The van der Waals surface area contributed by atoms with E-state index in [1.807, 2.05) is 12.1 Å². The maximum absolute atomic E-state index is 14.1. The van der Waals surface area contributed by atoms with Crippen molar-refractivity contribution >= 4 is 32.5 Å². The van der Waals surface area contributed by atoms with E-state index in [4.69, 9.17) is 9.88 Å². The maximum Gasteiger partial charge on any atom is 0.232 e. The molecule has 4 rings (SSSR count). The lowest BCUT2D eigenvalue weighted by Gasteiger charge is -2.18. The van der Waals surface area contributed by atoms with Gasteiger partial charge in [0.15, 0.2) is 5.13 Å². The van der Waals surface area contributed by atoms with Crippen LogP contribution in [0.15, 0.2) is 70.9 Å². The van der Waals surface area contributed by atoms with Gasteiger partial charge in [0, 0.05) is 18.4 Å². The Kier molecular flexibility index (Phi) is 7.82. The summed E-state index contributed by atoms with van der Waals surface area (Å²) < 4.78 is 46.6. The van der Waals surface area contributed by atoms with E-state index in [1.165, 1.54) is 4.90 Å². The minimum Gasteiger partial charge on any atom is -0.497 e. The second kappa shape index (κ2) is 10.9. The van der Waals surface area contributed by atoms with Crippen LogP contribution < -0.4 is 14.8 Å². The summed E-state index contributed by atoms with van der Waals surface area (Å²) in [6, 6.07) is 17.2. The lowest BCUT2D eigenvalue weighted by Crippen LogP contribution is -2.27. The highest BCUT2D eigenvalue weighted by Gasteiger charge is 2.24. The maximum atomic E-state index is 14.1. The molecule has 1 aromatic heterocycles. The number of carbonyl (C=O) groups excluding carboxylic acids is 1. The molecule has 0 unspecified atom stereocenters. The number of nitrogens with zero attached hydrogens (tertiary/aromatic N) is 2. The molecule has 10 heteroatoms. The monoisotopic (exact) mass is 543 g/mol. The summed E-state index contributed by atoms with van der Waals surface area (Å²) in [5, 5.41) is 6.68. The molecule has 194 valence electrons. The molecule has 0 saturated heterocycles. The first-order valence-electron chi connectivity index (χ1n) is 11.4. The van der Waals surface area contributed by atoms with Crippen LogP contribution in [0.3, 0.4) is 0 Å². The summed E-state index contributed by atoms with van der Waals surface area (Å²) in [4.78, 5) is 18.8. The molecule has 0 spiro atoms. The predicted octanol–water partition coefficient (Wildman–Crippen LogP) is 5.06. The quantitative estimate of drug-likeness (QED) is 0.304. The highest BCUT2D eigenvalue weighted by Crippen LogP contribution is 2.33. The summed E-state index contributed by atoms with van der Waals surface area (Å²) in [6.07, 6.45) is 0.0719. The van der Waals surface area contributed by atoms with Gasteiger partial charge >= 0.3 is 0 Å². The van der Waals surface area contributed by atoms with E-state index in [-0.39, 0.29) is 23.6 Å². The number of likely N-dealkylation sites (N-methyl/N-ethyl adjacent to an activating group) is 1. The number of thiol groups is 1. The Balaban J connectivity index is 1.46. The molecule has 0 aliphatic carbocycles. The Morgan fingerprint density at radius 2 is 1.70 bits per heavy atom. The van der Waals surface area contributed by atoms with Gasteiger partial charge in [0.1, 0.15) is 21.6 Å². The minimum atomic E-state index is -3.27. The van der Waals surface area contributed by atoms with Crippen molar-refractivity contribution in [2.45, 2.75) is 23.3 Å². The van der Waals surface area contributed by atoms with Crippen LogP contribution in [0.2, 0.25) is 0 Å². The van der Waals surface area contributed by atoms with Crippen LogP contribution in [0, 0.1) is 18.6 Å². The largest absolute Gasteiger partial charge is 0.497 e. The molecule has 0 aliphatic rings. The number of hydrogen-bond acceptors (Lipinski definition) is 5. The van der Waals surface area contributed by atoms with Crippen LogP contribution in [0.1, 0.15) is 16.8 Å². The number of rotatable bonds is 8. The summed E-state index contributed by atoms with van der Waals surface area (Å²) in [5.74, 6) is -0.421. The number of aromatic nitrogens is 1. The van der Waals surface area contributed by atoms with Crippen LogP contribution in [-0.2, 0) is 27.1 Å². The number of ether oxygens (including phenoxy) is 1. The zero-order valence-corrected chi connectivity index (χ0v) is 22.3. The molecular weight excluding hydrogens is 516 g/mol. The van der Waals surface area contributed by atoms with Crippen molar-refractivity contribution in [2.75, 3.05) is 19.1 Å². The van der Waals surface area contributed by atoms with Gasteiger partial charge in [-0.1, -0.05) is 47.7 Å². The standard InChI is InChI=1S/C27H27F2N3O3S2/c1-17-26(37(30,34)16-19-6-11-22(35-3)12-7-19)36-27(31-17)32(2)25(33)14-18-4-8-20(9-5-18)23-15-21(28)10-13-24(23)29/h4-13,15,37H,14,16H2,1-3H3,(H2,30,34). The van der Waals surface area contributed by atoms with Gasteiger partial charge in [-0.2, -0.15) is 0 Å². The molecule has 3 aromatic carbocycles. The van der Waals surface area contributed by atoms with E-state index in [0.717, 1.165) is 35.1 Å². The fraction of sp³-hybridized carbons (Fsp3) is 0.185. The lowest BCUT2D eigenvalue weighted by molar-refractivity contribution is -0.117. The number of halogens is 2. The van der Waals surface area contributed by atoms with Gasteiger partial charge in [-0.3, -0.25) is 19.0 Å². The van der Waals surface area contributed by atoms with E-state index in [1.54, 1.807) is 57.5 Å². The third-order valence-electron chi connectivity index (χ3n) is 5.89. The fourth-order valence-corrected chi connectivity index (χ4v) is 7.20. The molecule has 0 atom stereocenters. The third-order valence-corrected chi connectivity index (χ3v) is 9.97. The SMILES string of the molecule is COc1ccc(C[SH](N)(=O)c2sc(N(C)C(=O)Cc3ccc(-c4cc(F)ccc4F)cc3)nc2C)cc1. The van der Waals surface area contributed by atoms with Gasteiger partial charge < -0.3 is 4.74 Å². The number of methoxy groups -OCH3 is 1. The smallest absolute Gasteiger partial charge is 0.232 e. The van der Waals surface area contributed by atoms with Crippen molar-refractivity contribution < 1.29 is 22.5 Å². The Bertz CT molecular complexity index is 1470. The van der Waals surface area contributed by atoms with Gasteiger partial charge in [0.2, 0.25) is 5.91 Å². The second-order valence-corrected chi connectivity index (χ2v) is 12.3. The molecule has 0 bridgehead atoms. The van der Waals surface area contributed by atoms with E-state index in [0.29, 0.717) is 31.9 Å². The predicted molar refractivity (Wildman–Crippen MR) is 144 cm³/mol.